The molecule has 0 unspecified atom stereocenters. The molecule has 0 aromatic heterocycles. The van der Waals surface area contributed by atoms with E-state index in [1.807, 2.05) is 18.2 Å². The largest absolute Gasteiger partial charge is 0.457 e. The van der Waals surface area contributed by atoms with Crippen molar-refractivity contribution in [3.8, 4) is 11.5 Å². The van der Waals surface area contributed by atoms with E-state index in [2.05, 4.69) is 43.4 Å². The molecule has 1 fully saturated rings. The van der Waals surface area contributed by atoms with Crippen molar-refractivity contribution < 1.29 is 4.74 Å². The van der Waals surface area contributed by atoms with Gasteiger partial charge in [-0.3, -0.25) is 0 Å². The minimum Gasteiger partial charge on any atom is -0.457 e. The SMILES string of the molecule is Cc1ccc(Oc2ccccc2C)c(CNC2CC2)c1. The predicted octanol–water partition coefficient (Wildman–Crippen LogP) is 4.35. The quantitative estimate of drug-likeness (QED) is 0.869. The van der Waals surface area contributed by atoms with Gasteiger partial charge in [0.15, 0.2) is 0 Å². The number of ether oxygens (including phenoxy) is 1. The predicted molar refractivity (Wildman–Crippen MR) is 82.3 cm³/mol. The smallest absolute Gasteiger partial charge is 0.131 e. The molecule has 3 rings (SSSR count). The lowest BCUT2D eigenvalue weighted by Crippen LogP contribution is -2.15. The van der Waals surface area contributed by atoms with Gasteiger partial charge in [0, 0.05) is 18.2 Å². The van der Waals surface area contributed by atoms with Crippen molar-refractivity contribution in [3.63, 3.8) is 0 Å². The fourth-order valence-electron chi connectivity index (χ4n) is 2.28. The third kappa shape index (κ3) is 3.20. The summed E-state index contributed by atoms with van der Waals surface area (Å²) in [6.45, 7) is 5.08. The van der Waals surface area contributed by atoms with Crippen LogP contribution in [0.3, 0.4) is 0 Å². The van der Waals surface area contributed by atoms with E-state index in [0.717, 1.165) is 23.6 Å². The van der Waals surface area contributed by atoms with E-state index in [4.69, 9.17) is 4.74 Å². The summed E-state index contributed by atoms with van der Waals surface area (Å²) in [7, 11) is 0. The van der Waals surface area contributed by atoms with Crippen LogP contribution in [0.15, 0.2) is 42.5 Å². The molecular weight excluding hydrogens is 246 g/mol. The number of hydrogen-bond acceptors (Lipinski definition) is 2. The summed E-state index contributed by atoms with van der Waals surface area (Å²) in [5.41, 5.74) is 3.67. The standard InChI is InChI=1S/C18H21NO/c1-13-7-10-18(15(11-13)12-19-16-8-9-16)20-17-6-4-3-5-14(17)2/h3-7,10-11,16,19H,8-9,12H2,1-2H3. The first kappa shape index (κ1) is 13.2. The summed E-state index contributed by atoms with van der Waals surface area (Å²) in [6.07, 6.45) is 2.61. The molecule has 2 aromatic carbocycles. The van der Waals surface area contributed by atoms with Gasteiger partial charge in [-0.2, -0.15) is 0 Å². The van der Waals surface area contributed by atoms with E-state index in [0.29, 0.717) is 6.04 Å². The van der Waals surface area contributed by atoms with Crippen molar-refractivity contribution in [1.29, 1.82) is 0 Å². The molecule has 0 bridgehead atoms. The molecule has 0 radical (unpaired) electrons. The van der Waals surface area contributed by atoms with E-state index < -0.39 is 0 Å². The maximum atomic E-state index is 6.11. The Morgan fingerprint density at radius 2 is 1.85 bits per heavy atom. The molecule has 2 heteroatoms. The van der Waals surface area contributed by atoms with E-state index in [9.17, 15) is 0 Å². The number of hydrogen-bond donors (Lipinski definition) is 1. The molecular formula is C18H21NO. The number of benzene rings is 2. The fraction of sp³-hybridized carbons (Fsp3) is 0.333. The lowest BCUT2D eigenvalue weighted by atomic mass is 10.1. The van der Waals surface area contributed by atoms with Crippen molar-refractivity contribution in [2.45, 2.75) is 39.3 Å². The molecule has 2 nitrogen and oxygen atoms in total. The molecule has 0 atom stereocenters. The molecule has 0 spiro atoms. The average molecular weight is 267 g/mol. The van der Waals surface area contributed by atoms with Crippen molar-refractivity contribution >= 4 is 0 Å². The van der Waals surface area contributed by atoms with Crippen molar-refractivity contribution in [1.82, 2.24) is 5.32 Å². The summed E-state index contributed by atoms with van der Waals surface area (Å²) < 4.78 is 6.11. The Morgan fingerprint density at radius 1 is 1.05 bits per heavy atom. The lowest BCUT2D eigenvalue weighted by Gasteiger charge is -2.14. The molecule has 1 aliphatic carbocycles. The number of nitrogens with one attached hydrogen (secondary N) is 1. The van der Waals surface area contributed by atoms with E-state index in [1.165, 1.54) is 24.0 Å². The summed E-state index contributed by atoms with van der Waals surface area (Å²) in [6, 6.07) is 15.2. The first-order valence-electron chi connectivity index (χ1n) is 7.29. The highest BCUT2D eigenvalue weighted by molar-refractivity contribution is 5.42. The minimum absolute atomic E-state index is 0.710. The highest BCUT2D eigenvalue weighted by Gasteiger charge is 2.20. The third-order valence-corrected chi connectivity index (χ3v) is 3.69. The van der Waals surface area contributed by atoms with Gasteiger partial charge in [-0.25, -0.2) is 0 Å². The summed E-state index contributed by atoms with van der Waals surface area (Å²) in [5.74, 6) is 1.89. The van der Waals surface area contributed by atoms with Gasteiger partial charge in [0.25, 0.3) is 0 Å². The fourth-order valence-corrected chi connectivity index (χ4v) is 2.28. The van der Waals surface area contributed by atoms with Crippen molar-refractivity contribution in [3.05, 3.63) is 59.2 Å². The van der Waals surface area contributed by atoms with Gasteiger partial charge in [-0.1, -0.05) is 35.9 Å². The molecule has 2 aromatic rings. The van der Waals surface area contributed by atoms with Crippen LogP contribution in [0.5, 0.6) is 11.5 Å². The molecule has 1 aliphatic rings. The minimum atomic E-state index is 0.710. The van der Waals surface area contributed by atoms with E-state index in [-0.39, 0.29) is 0 Å². The second-order valence-corrected chi connectivity index (χ2v) is 5.63. The summed E-state index contributed by atoms with van der Waals surface area (Å²) >= 11 is 0. The third-order valence-electron chi connectivity index (χ3n) is 3.69. The molecule has 1 saturated carbocycles. The van der Waals surface area contributed by atoms with Gasteiger partial charge in [0.05, 0.1) is 0 Å². The zero-order valence-corrected chi connectivity index (χ0v) is 12.1. The van der Waals surface area contributed by atoms with Gasteiger partial charge in [0.2, 0.25) is 0 Å². The maximum Gasteiger partial charge on any atom is 0.131 e. The van der Waals surface area contributed by atoms with Crippen LogP contribution in [0.2, 0.25) is 0 Å². The van der Waals surface area contributed by atoms with Gasteiger partial charge in [0.1, 0.15) is 11.5 Å². The number of aryl methyl sites for hydroxylation is 2. The van der Waals surface area contributed by atoms with Crippen LogP contribution in [0.25, 0.3) is 0 Å². The molecule has 1 N–H and O–H groups in total. The highest BCUT2D eigenvalue weighted by Crippen LogP contribution is 2.29. The van der Waals surface area contributed by atoms with Crippen LogP contribution in [0.1, 0.15) is 29.5 Å². The van der Waals surface area contributed by atoms with Gasteiger partial charge in [-0.15, -0.1) is 0 Å². The monoisotopic (exact) mass is 267 g/mol. The van der Waals surface area contributed by atoms with E-state index in [1.54, 1.807) is 0 Å². The van der Waals surface area contributed by atoms with Crippen LogP contribution in [0, 0.1) is 13.8 Å². The first-order valence-corrected chi connectivity index (χ1v) is 7.29. The normalized spacial score (nSPS) is 14.3. The molecule has 104 valence electrons. The van der Waals surface area contributed by atoms with E-state index >= 15 is 0 Å². The second kappa shape index (κ2) is 5.68. The molecule has 0 saturated heterocycles. The molecule has 0 heterocycles. The molecule has 0 aliphatic heterocycles. The van der Waals surface area contributed by atoms with Crippen molar-refractivity contribution in [2.75, 3.05) is 0 Å². The van der Waals surface area contributed by atoms with Gasteiger partial charge in [-0.05, 0) is 44.4 Å². The number of rotatable bonds is 5. The maximum absolute atomic E-state index is 6.11. The summed E-state index contributed by atoms with van der Waals surface area (Å²) in [5, 5.41) is 3.56. The van der Waals surface area contributed by atoms with Crippen LogP contribution in [-0.2, 0) is 6.54 Å². The molecule has 20 heavy (non-hydrogen) atoms. The zero-order valence-electron chi connectivity index (χ0n) is 12.1. The Kier molecular flexibility index (Phi) is 3.75. The Balaban J connectivity index is 1.82. The first-order chi connectivity index (χ1) is 9.72. The Bertz CT molecular complexity index is 602. The Hall–Kier alpha value is -1.80. The zero-order chi connectivity index (χ0) is 13.9. The van der Waals surface area contributed by atoms with Gasteiger partial charge >= 0.3 is 0 Å². The average Bonchev–Trinajstić information content (AvgIpc) is 3.25. The van der Waals surface area contributed by atoms with Crippen LogP contribution < -0.4 is 10.1 Å². The second-order valence-electron chi connectivity index (χ2n) is 5.63. The summed E-state index contributed by atoms with van der Waals surface area (Å²) in [4.78, 5) is 0. The van der Waals surface area contributed by atoms with Crippen LogP contribution >= 0.6 is 0 Å². The highest BCUT2D eigenvalue weighted by atomic mass is 16.5. The van der Waals surface area contributed by atoms with Crippen LogP contribution in [-0.4, -0.2) is 6.04 Å². The van der Waals surface area contributed by atoms with Crippen molar-refractivity contribution in [2.24, 2.45) is 0 Å². The lowest BCUT2D eigenvalue weighted by molar-refractivity contribution is 0.469. The van der Waals surface area contributed by atoms with Crippen LogP contribution in [0.4, 0.5) is 0 Å². The van der Waals surface area contributed by atoms with Gasteiger partial charge < -0.3 is 10.1 Å². The topological polar surface area (TPSA) is 21.3 Å². The Morgan fingerprint density at radius 3 is 2.60 bits per heavy atom. The molecule has 0 amide bonds. The Labute approximate surface area is 120 Å². The number of para-hydroxylation sites is 1.